The third kappa shape index (κ3) is 21.7. The molecule has 0 aromatic rings. The first-order chi connectivity index (χ1) is 18.1. The fourth-order valence-corrected chi connectivity index (χ4v) is 4.79. The molecule has 3 nitrogen and oxygen atoms in total. The maximum absolute atomic E-state index is 10.5. The van der Waals surface area contributed by atoms with Crippen LogP contribution in [-0.2, 0) is 4.79 Å². The van der Waals surface area contributed by atoms with Gasteiger partial charge in [-0.1, -0.05) is 130 Å². The molecule has 222 valence electrons. The Morgan fingerprint density at radius 1 is 0.605 bits per heavy atom. The van der Waals surface area contributed by atoms with E-state index in [0.717, 1.165) is 75.9 Å². The summed E-state index contributed by atoms with van der Waals surface area (Å²) in [6.07, 6.45) is 27.3. The van der Waals surface area contributed by atoms with Gasteiger partial charge in [-0.2, -0.15) is 0 Å². The van der Waals surface area contributed by atoms with Crippen LogP contribution in [0.15, 0.2) is 36.5 Å². The van der Waals surface area contributed by atoms with E-state index in [9.17, 15) is 15.0 Å². The average molecular weight is 533 g/mol. The van der Waals surface area contributed by atoms with Crippen molar-refractivity contribution in [1.82, 2.24) is 0 Å². The van der Waals surface area contributed by atoms with Gasteiger partial charge >= 0.3 is 0 Å². The smallest absolute Gasteiger partial charge is 0.120 e. The molecule has 0 rings (SSSR count). The maximum atomic E-state index is 10.5. The number of aliphatic hydroxyl groups is 2. The van der Waals surface area contributed by atoms with Gasteiger partial charge in [0.1, 0.15) is 6.29 Å². The SMILES string of the molecule is CC(C=CCC(C)CCC=O)C=C[C@H](O)C(C)CCCCCCC(O)C(C)C=CCC(C)CCCC(C)C. The number of carbonyl (C=O) groups is 1. The van der Waals surface area contributed by atoms with Crippen LogP contribution < -0.4 is 0 Å². The highest BCUT2D eigenvalue weighted by Gasteiger charge is 2.13. The van der Waals surface area contributed by atoms with Crippen LogP contribution in [0.25, 0.3) is 0 Å². The molecular formula is C35H64O3. The van der Waals surface area contributed by atoms with Gasteiger partial charge in [0.05, 0.1) is 12.2 Å². The van der Waals surface area contributed by atoms with E-state index in [4.69, 9.17) is 0 Å². The minimum atomic E-state index is -0.398. The molecule has 7 atom stereocenters. The van der Waals surface area contributed by atoms with Crippen LogP contribution >= 0.6 is 0 Å². The molecular weight excluding hydrogens is 468 g/mol. The van der Waals surface area contributed by atoms with Crippen molar-refractivity contribution < 1.29 is 15.0 Å². The number of aldehydes is 1. The zero-order chi connectivity index (χ0) is 28.8. The first kappa shape index (κ1) is 36.8. The Morgan fingerprint density at radius 2 is 1.21 bits per heavy atom. The Bertz CT molecular complexity index is 635. The van der Waals surface area contributed by atoms with Crippen molar-refractivity contribution in [1.29, 1.82) is 0 Å². The maximum Gasteiger partial charge on any atom is 0.120 e. The Labute approximate surface area is 237 Å². The number of carbonyl (C=O) groups excluding carboxylic acids is 1. The summed E-state index contributed by atoms with van der Waals surface area (Å²) in [6.45, 7) is 15.5. The van der Waals surface area contributed by atoms with E-state index in [1.54, 1.807) is 0 Å². The summed E-state index contributed by atoms with van der Waals surface area (Å²) < 4.78 is 0. The second-order valence-electron chi connectivity index (χ2n) is 12.7. The van der Waals surface area contributed by atoms with Gasteiger partial charge < -0.3 is 15.0 Å². The van der Waals surface area contributed by atoms with Crippen LogP contribution in [0, 0.1) is 35.5 Å². The Kier molecular flexibility index (Phi) is 22.9. The van der Waals surface area contributed by atoms with Gasteiger partial charge in [-0.15, -0.1) is 0 Å². The summed E-state index contributed by atoms with van der Waals surface area (Å²) in [5.74, 6) is 2.85. The molecule has 0 amide bonds. The van der Waals surface area contributed by atoms with Crippen molar-refractivity contribution in [3.8, 4) is 0 Å². The highest BCUT2D eigenvalue weighted by Crippen LogP contribution is 2.20. The van der Waals surface area contributed by atoms with E-state index in [-0.39, 0.29) is 17.9 Å². The molecule has 6 unspecified atom stereocenters. The molecule has 2 N–H and O–H groups in total. The number of hydrogen-bond acceptors (Lipinski definition) is 3. The molecule has 0 aromatic carbocycles. The zero-order valence-electron chi connectivity index (χ0n) is 26.2. The van der Waals surface area contributed by atoms with Gasteiger partial charge in [0.2, 0.25) is 0 Å². The van der Waals surface area contributed by atoms with Gasteiger partial charge in [0.15, 0.2) is 0 Å². The highest BCUT2D eigenvalue weighted by molar-refractivity contribution is 5.49. The Hall–Kier alpha value is -1.19. The molecule has 0 bridgehead atoms. The zero-order valence-corrected chi connectivity index (χ0v) is 26.2. The van der Waals surface area contributed by atoms with Gasteiger partial charge in [0, 0.05) is 6.42 Å². The fourth-order valence-electron chi connectivity index (χ4n) is 4.79. The summed E-state index contributed by atoms with van der Waals surface area (Å²) in [7, 11) is 0. The van der Waals surface area contributed by atoms with Gasteiger partial charge in [-0.25, -0.2) is 0 Å². The quantitative estimate of drug-likeness (QED) is 0.0739. The molecule has 0 radical (unpaired) electrons. The largest absolute Gasteiger partial charge is 0.393 e. The molecule has 0 saturated heterocycles. The average Bonchev–Trinajstić information content (AvgIpc) is 2.87. The first-order valence-electron chi connectivity index (χ1n) is 15.9. The Balaban J connectivity index is 3.99. The van der Waals surface area contributed by atoms with Crippen LogP contribution in [0.3, 0.4) is 0 Å². The number of allylic oxidation sites excluding steroid dienone is 4. The molecule has 0 aromatic heterocycles. The van der Waals surface area contributed by atoms with Crippen LogP contribution in [-0.4, -0.2) is 28.7 Å². The first-order valence-corrected chi connectivity index (χ1v) is 15.9. The number of unbranched alkanes of at least 4 members (excludes halogenated alkanes) is 3. The summed E-state index contributed by atoms with van der Waals surface area (Å²) in [5.41, 5.74) is 0. The lowest BCUT2D eigenvalue weighted by Crippen LogP contribution is -2.16. The summed E-state index contributed by atoms with van der Waals surface area (Å²) >= 11 is 0. The standard InChI is InChI=1S/C35H64O3/c1-28(2)16-12-17-29(3)20-14-23-33(7)34(37)24-11-9-8-10-22-32(6)35(38)26-25-31(5)19-13-18-30(4)21-15-27-36/h13-14,19,23,25-35,37-38H,8-12,15-18,20-22,24H2,1-7H3/t29?,30?,31?,32?,33?,34?,35-/m0/s1. The molecule has 0 saturated carbocycles. The van der Waals surface area contributed by atoms with Crippen molar-refractivity contribution in [2.45, 2.75) is 144 Å². The third-order valence-electron chi connectivity index (χ3n) is 7.92. The van der Waals surface area contributed by atoms with E-state index in [1.807, 2.05) is 6.08 Å². The topological polar surface area (TPSA) is 57.5 Å². The molecule has 0 aliphatic heterocycles. The molecule has 3 heteroatoms. The van der Waals surface area contributed by atoms with E-state index in [0.29, 0.717) is 18.3 Å². The molecule has 0 fully saturated rings. The van der Waals surface area contributed by atoms with E-state index < -0.39 is 6.10 Å². The van der Waals surface area contributed by atoms with Crippen molar-refractivity contribution in [2.75, 3.05) is 0 Å². The second-order valence-corrected chi connectivity index (χ2v) is 12.7. The third-order valence-corrected chi connectivity index (χ3v) is 7.92. The predicted molar refractivity (Wildman–Crippen MR) is 166 cm³/mol. The monoisotopic (exact) mass is 532 g/mol. The van der Waals surface area contributed by atoms with Crippen LogP contribution in [0.5, 0.6) is 0 Å². The molecule has 0 aliphatic carbocycles. The van der Waals surface area contributed by atoms with Gasteiger partial charge in [0.25, 0.3) is 0 Å². The summed E-state index contributed by atoms with van der Waals surface area (Å²) in [6, 6.07) is 0. The van der Waals surface area contributed by atoms with E-state index in [1.165, 1.54) is 19.3 Å². The normalized spacial score (nSPS) is 18.3. The predicted octanol–water partition coefficient (Wildman–Crippen LogP) is 9.48. The summed E-state index contributed by atoms with van der Waals surface area (Å²) in [4.78, 5) is 10.5. The highest BCUT2D eigenvalue weighted by atomic mass is 16.3. The lowest BCUT2D eigenvalue weighted by Gasteiger charge is -2.17. The van der Waals surface area contributed by atoms with Crippen molar-refractivity contribution in [3.05, 3.63) is 36.5 Å². The van der Waals surface area contributed by atoms with Gasteiger partial charge in [-0.3, -0.25) is 0 Å². The fraction of sp³-hybridized carbons (Fsp3) is 0.800. The van der Waals surface area contributed by atoms with Crippen LogP contribution in [0.2, 0.25) is 0 Å². The van der Waals surface area contributed by atoms with E-state index in [2.05, 4.69) is 78.8 Å². The minimum Gasteiger partial charge on any atom is -0.393 e. The summed E-state index contributed by atoms with van der Waals surface area (Å²) in [5, 5.41) is 21.0. The molecule has 0 spiro atoms. The molecule has 0 aliphatic rings. The lowest BCUT2D eigenvalue weighted by atomic mass is 9.94. The van der Waals surface area contributed by atoms with Crippen LogP contribution in [0.1, 0.15) is 132 Å². The minimum absolute atomic E-state index is 0.225. The van der Waals surface area contributed by atoms with Crippen molar-refractivity contribution >= 4 is 6.29 Å². The molecule has 38 heavy (non-hydrogen) atoms. The van der Waals surface area contributed by atoms with Crippen molar-refractivity contribution in [2.24, 2.45) is 35.5 Å². The number of rotatable bonds is 24. The molecule has 0 heterocycles. The second kappa shape index (κ2) is 23.7. The lowest BCUT2D eigenvalue weighted by molar-refractivity contribution is -0.108. The number of aliphatic hydroxyl groups excluding tert-OH is 2. The van der Waals surface area contributed by atoms with Crippen molar-refractivity contribution in [3.63, 3.8) is 0 Å². The number of hydrogen-bond donors (Lipinski definition) is 2. The van der Waals surface area contributed by atoms with Crippen LogP contribution in [0.4, 0.5) is 0 Å². The van der Waals surface area contributed by atoms with Gasteiger partial charge in [-0.05, 0) is 67.6 Å². The Morgan fingerprint density at radius 3 is 1.84 bits per heavy atom. The van der Waals surface area contributed by atoms with E-state index >= 15 is 0 Å².